The zero-order valence-electron chi connectivity index (χ0n) is 10.6. The molecular formula is C14H12N4OS. The molecular weight excluding hydrogens is 272 g/mol. The standard InChI is InChI=1S/C14H12N4OS/c1-2-4-11-9(3-1)10(5-6-15-11)14-17-13(18-19-14)12-7-20-8-16-12/h1-4,7-8,10,15H,5-6H2. The second-order valence-electron chi connectivity index (χ2n) is 4.69. The SMILES string of the molecule is c1ccc2c(c1)NCCC2c1nc(-c2cscn2)no1. The molecule has 2 aromatic heterocycles. The van der Waals surface area contributed by atoms with Crippen molar-refractivity contribution in [3.63, 3.8) is 0 Å². The van der Waals surface area contributed by atoms with E-state index >= 15 is 0 Å². The highest BCUT2D eigenvalue weighted by Gasteiger charge is 2.26. The van der Waals surface area contributed by atoms with Gasteiger partial charge in [0.1, 0.15) is 5.69 Å². The number of fused-ring (bicyclic) bond motifs is 1. The molecule has 1 unspecified atom stereocenters. The van der Waals surface area contributed by atoms with Crippen LogP contribution in [0.25, 0.3) is 11.5 Å². The van der Waals surface area contributed by atoms with E-state index in [1.165, 1.54) is 16.9 Å². The number of para-hydroxylation sites is 1. The van der Waals surface area contributed by atoms with Crippen LogP contribution in [0.3, 0.4) is 0 Å². The van der Waals surface area contributed by atoms with Crippen LogP contribution in [0, 0.1) is 0 Å². The summed E-state index contributed by atoms with van der Waals surface area (Å²) in [5.41, 5.74) is 4.90. The third-order valence-corrected chi connectivity index (χ3v) is 4.07. The predicted octanol–water partition coefficient (Wildman–Crippen LogP) is 3.14. The Labute approximate surface area is 119 Å². The van der Waals surface area contributed by atoms with Crippen LogP contribution in [0.5, 0.6) is 0 Å². The lowest BCUT2D eigenvalue weighted by molar-refractivity contribution is 0.361. The van der Waals surface area contributed by atoms with Gasteiger partial charge in [-0.25, -0.2) is 4.98 Å². The molecule has 4 rings (SSSR count). The maximum Gasteiger partial charge on any atom is 0.234 e. The van der Waals surface area contributed by atoms with Gasteiger partial charge in [-0.2, -0.15) is 4.98 Å². The van der Waals surface area contributed by atoms with Gasteiger partial charge in [0.25, 0.3) is 0 Å². The Morgan fingerprint density at radius 2 is 2.25 bits per heavy atom. The fourth-order valence-electron chi connectivity index (χ4n) is 2.53. The Morgan fingerprint density at radius 1 is 1.30 bits per heavy atom. The van der Waals surface area contributed by atoms with E-state index in [-0.39, 0.29) is 5.92 Å². The molecule has 1 aliphatic rings. The first-order valence-electron chi connectivity index (χ1n) is 6.47. The van der Waals surface area contributed by atoms with Crippen LogP contribution in [0.1, 0.15) is 23.8 Å². The lowest BCUT2D eigenvalue weighted by Gasteiger charge is -2.23. The molecule has 1 aliphatic heterocycles. The molecule has 0 bridgehead atoms. The van der Waals surface area contributed by atoms with Crippen molar-refractivity contribution in [3.05, 3.63) is 46.6 Å². The molecule has 0 fully saturated rings. The number of nitrogens with one attached hydrogen (secondary N) is 1. The van der Waals surface area contributed by atoms with Crippen molar-refractivity contribution < 1.29 is 4.52 Å². The summed E-state index contributed by atoms with van der Waals surface area (Å²) in [7, 11) is 0. The Kier molecular flexibility index (Phi) is 2.74. The maximum absolute atomic E-state index is 5.46. The molecule has 5 nitrogen and oxygen atoms in total. The van der Waals surface area contributed by atoms with Gasteiger partial charge in [-0.05, 0) is 18.1 Å². The predicted molar refractivity (Wildman–Crippen MR) is 76.8 cm³/mol. The summed E-state index contributed by atoms with van der Waals surface area (Å²) in [6, 6.07) is 8.26. The van der Waals surface area contributed by atoms with Gasteiger partial charge in [-0.3, -0.25) is 0 Å². The molecule has 20 heavy (non-hydrogen) atoms. The Hall–Kier alpha value is -2.21. The minimum Gasteiger partial charge on any atom is -0.385 e. The minimum atomic E-state index is 0.160. The van der Waals surface area contributed by atoms with E-state index < -0.39 is 0 Å². The van der Waals surface area contributed by atoms with Gasteiger partial charge in [-0.1, -0.05) is 23.4 Å². The highest BCUT2D eigenvalue weighted by molar-refractivity contribution is 7.07. The molecule has 3 heterocycles. The monoisotopic (exact) mass is 284 g/mol. The highest BCUT2D eigenvalue weighted by atomic mass is 32.1. The molecule has 3 aromatic rings. The van der Waals surface area contributed by atoms with Crippen LogP contribution in [0.4, 0.5) is 5.69 Å². The molecule has 0 saturated carbocycles. The molecule has 1 atom stereocenters. The molecule has 1 N–H and O–H groups in total. The third kappa shape index (κ3) is 1.89. The number of nitrogens with zero attached hydrogens (tertiary/aromatic N) is 3. The van der Waals surface area contributed by atoms with E-state index in [0.29, 0.717) is 11.7 Å². The Morgan fingerprint density at radius 3 is 3.15 bits per heavy atom. The van der Waals surface area contributed by atoms with Gasteiger partial charge >= 0.3 is 0 Å². The maximum atomic E-state index is 5.46. The van der Waals surface area contributed by atoms with E-state index in [9.17, 15) is 0 Å². The summed E-state index contributed by atoms with van der Waals surface area (Å²) in [6.07, 6.45) is 0.954. The molecule has 0 radical (unpaired) electrons. The second kappa shape index (κ2) is 4.72. The normalized spacial score (nSPS) is 17.5. The van der Waals surface area contributed by atoms with E-state index in [0.717, 1.165) is 24.3 Å². The molecule has 1 aromatic carbocycles. The summed E-state index contributed by atoms with van der Waals surface area (Å²) in [6.45, 7) is 0.913. The van der Waals surface area contributed by atoms with E-state index in [4.69, 9.17) is 4.52 Å². The summed E-state index contributed by atoms with van der Waals surface area (Å²) < 4.78 is 5.46. The number of anilines is 1. The first-order valence-corrected chi connectivity index (χ1v) is 7.41. The zero-order chi connectivity index (χ0) is 13.4. The van der Waals surface area contributed by atoms with Crippen LogP contribution in [-0.2, 0) is 0 Å². The van der Waals surface area contributed by atoms with Gasteiger partial charge in [-0.15, -0.1) is 11.3 Å². The van der Waals surface area contributed by atoms with E-state index in [2.05, 4.69) is 32.6 Å². The fourth-order valence-corrected chi connectivity index (χ4v) is 3.06. The summed E-state index contributed by atoms with van der Waals surface area (Å²) >= 11 is 1.53. The number of hydrogen-bond acceptors (Lipinski definition) is 6. The molecule has 0 amide bonds. The average molecular weight is 284 g/mol. The Balaban J connectivity index is 1.72. The van der Waals surface area contributed by atoms with Gasteiger partial charge < -0.3 is 9.84 Å². The summed E-state index contributed by atoms with van der Waals surface area (Å²) in [5, 5.41) is 9.36. The van der Waals surface area contributed by atoms with E-state index in [1.807, 2.05) is 17.5 Å². The van der Waals surface area contributed by atoms with Crippen molar-refractivity contribution in [2.24, 2.45) is 0 Å². The number of rotatable bonds is 2. The van der Waals surface area contributed by atoms with Crippen LogP contribution in [0.2, 0.25) is 0 Å². The van der Waals surface area contributed by atoms with Crippen LogP contribution >= 0.6 is 11.3 Å². The molecule has 0 aliphatic carbocycles. The number of aromatic nitrogens is 3. The molecule has 0 spiro atoms. The van der Waals surface area contributed by atoms with Gasteiger partial charge in [0.05, 0.1) is 11.4 Å². The molecule has 100 valence electrons. The Bertz CT molecular complexity index is 722. The van der Waals surface area contributed by atoms with E-state index in [1.54, 1.807) is 5.51 Å². The van der Waals surface area contributed by atoms with Crippen molar-refractivity contribution in [1.82, 2.24) is 15.1 Å². The summed E-state index contributed by atoms with van der Waals surface area (Å²) in [5.74, 6) is 1.39. The topological polar surface area (TPSA) is 63.8 Å². The quantitative estimate of drug-likeness (QED) is 0.783. The van der Waals surface area contributed by atoms with Crippen molar-refractivity contribution in [3.8, 4) is 11.5 Å². The number of hydrogen-bond donors (Lipinski definition) is 1. The van der Waals surface area contributed by atoms with Gasteiger partial charge in [0.15, 0.2) is 0 Å². The molecule has 0 saturated heterocycles. The van der Waals surface area contributed by atoms with Crippen LogP contribution in [0.15, 0.2) is 39.7 Å². The third-order valence-electron chi connectivity index (χ3n) is 3.49. The smallest absolute Gasteiger partial charge is 0.234 e. The summed E-state index contributed by atoms with van der Waals surface area (Å²) in [4.78, 5) is 8.72. The van der Waals surface area contributed by atoms with Crippen molar-refractivity contribution in [2.75, 3.05) is 11.9 Å². The van der Waals surface area contributed by atoms with Crippen LogP contribution < -0.4 is 5.32 Å². The lowest BCUT2D eigenvalue weighted by Crippen LogP contribution is -2.17. The van der Waals surface area contributed by atoms with Crippen molar-refractivity contribution in [1.29, 1.82) is 0 Å². The minimum absolute atomic E-state index is 0.160. The number of thiazole rings is 1. The zero-order valence-corrected chi connectivity index (χ0v) is 11.4. The average Bonchev–Trinajstić information content (AvgIpc) is 3.17. The second-order valence-corrected chi connectivity index (χ2v) is 5.40. The van der Waals surface area contributed by atoms with Gasteiger partial charge in [0.2, 0.25) is 11.7 Å². The van der Waals surface area contributed by atoms with Gasteiger partial charge in [0, 0.05) is 17.6 Å². The first kappa shape index (κ1) is 11.6. The largest absolute Gasteiger partial charge is 0.385 e. The van der Waals surface area contributed by atoms with Crippen molar-refractivity contribution >= 4 is 17.0 Å². The fraction of sp³-hybridized carbons (Fsp3) is 0.214. The van der Waals surface area contributed by atoms with Crippen LogP contribution in [-0.4, -0.2) is 21.7 Å². The molecule has 6 heteroatoms. The lowest BCUT2D eigenvalue weighted by atomic mass is 9.91. The first-order chi connectivity index (χ1) is 9.92. The number of benzene rings is 1. The van der Waals surface area contributed by atoms with Crippen molar-refractivity contribution in [2.45, 2.75) is 12.3 Å². The highest BCUT2D eigenvalue weighted by Crippen LogP contribution is 2.36.